The lowest BCUT2D eigenvalue weighted by atomic mass is 9.89. The molecule has 0 saturated heterocycles. The fraction of sp³-hybridized carbons (Fsp3) is 0.600. The second-order valence-corrected chi connectivity index (χ2v) is 5.41. The third-order valence-electron chi connectivity index (χ3n) is 3.17. The maximum Gasteiger partial charge on any atom is 0.0683 e. The molecule has 0 aromatic carbocycles. The largest absolute Gasteiger partial charge is 0.310 e. The standard InChI is InChI=1S/C15H23N3/c1-13(14-7-6-9-17-11-14)18-10-5-4-8-15(2,3)12-16/h6-7,9,11,13,18H,4-5,8,10H2,1-3H3/t13-/m1/s1. The minimum atomic E-state index is -0.186. The number of nitriles is 1. The van der Waals surface area contributed by atoms with Crippen molar-refractivity contribution in [2.45, 2.75) is 46.1 Å². The number of hydrogen-bond donors (Lipinski definition) is 1. The molecular formula is C15H23N3. The van der Waals surface area contributed by atoms with Crippen LogP contribution in [0.25, 0.3) is 0 Å². The summed E-state index contributed by atoms with van der Waals surface area (Å²) in [5.74, 6) is 0. The summed E-state index contributed by atoms with van der Waals surface area (Å²) in [5.41, 5.74) is 1.03. The van der Waals surface area contributed by atoms with Gasteiger partial charge in [-0.05, 0) is 51.8 Å². The van der Waals surface area contributed by atoms with Crippen LogP contribution in [0.15, 0.2) is 24.5 Å². The van der Waals surface area contributed by atoms with Gasteiger partial charge in [-0.3, -0.25) is 4.98 Å². The van der Waals surface area contributed by atoms with E-state index in [4.69, 9.17) is 5.26 Å². The maximum absolute atomic E-state index is 8.91. The van der Waals surface area contributed by atoms with Gasteiger partial charge in [0.1, 0.15) is 0 Å². The molecule has 1 aromatic rings. The topological polar surface area (TPSA) is 48.7 Å². The van der Waals surface area contributed by atoms with Gasteiger partial charge in [0.15, 0.2) is 0 Å². The van der Waals surface area contributed by atoms with Gasteiger partial charge in [-0.1, -0.05) is 12.5 Å². The molecule has 0 spiro atoms. The Hall–Kier alpha value is -1.40. The molecule has 0 fully saturated rings. The van der Waals surface area contributed by atoms with Crippen molar-refractivity contribution in [1.29, 1.82) is 5.26 Å². The lowest BCUT2D eigenvalue weighted by Crippen LogP contribution is -2.20. The molecule has 1 rings (SSSR count). The Bertz CT molecular complexity index is 378. The summed E-state index contributed by atoms with van der Waals surface area (Å²) in [6.07, 6.45) is 6.85. The first kappa shape index (κ1) is 14.7. The van der Waals surface area contributed by atoms with Crippen LogP contribution in [0.5, 0.6) is 0 Å². The van der Waals surface area contributed by atoms with E-state index in [2.05, 4.69) is 29.4 Å². The number of rotatable bonds is 7. The predicted octanol–water partition coefficient (Wildman–Crippen LogP) is 3.45. The van der Waals surface area contributed by atoms with Crippen LogP contribution in [0.3, 0.4) is 0 Å². The molecule has 1 aromatic heterocycles. The first-order chi connectivity index (χ1) is 8.55. The molecule has 0 radical (unpaired) electrons. The first-order valence-electron chi connectivity index (χ1n) is 6.60. The summed E-state index contributed by atoms with van der Waals surface area (Å²) in [6.45, 7) is 7.13. The van der Waals surface area contributed by atoms with Crippen molar-refractivity contribution in [1.82, 2.24) is 10.3 Å². The number of aromatic nitrogens is 1. The molecule has 18 heavy (non-hydrogen) atoms. The second kappa shape index (κ2) is 7.13. The van der Waals surface area contributed by atoms with Gasteiger partial charge in [0, 0.05) is 18.4 Å². The lowest BCUT2D eigenvalue weighted by Gasteiger charge is -2.16. The van der Waals surface area contributed by atoms with E-state index in [-0.39, 0.29) is 5.41 Å². The van der Waals surface area contributed by atoms with Crippen molar-refractivity contribution >= 4 is 0 Å². The number of hydrogen-bond acceptors (Lipinski definition) is 3. The highest BCUT2D eigenvalue weighted by atomic mass is 14.9. The maximum atomic E-state index is 8.91. The van der Waals surface area contributed by atoms with Crippen LogP contribution in [0.4, 0.5) is 0 Å². The highest BCUT2D eigenvalue weighted by Gasteiger charge is 2.15. The zero-order valence-electron chi connectivity index (χ0n) is 11.6. The van der Waals surface area contributed by atoms with Crippen molar-refractivity contribution in [3.05, 3.63) is 30.1 Å². The van der Waals surface area contributed by atoms with Gasteiger partial charge < -0.3 is 5.32 Å². The van der Waals surface area contributed by atoms with Crippen LogP contribution >= 0.6 is 0 Å². The highest BCUT2D eigenvalue weighted by molar-refractivity contribution is 5.12. The second-order valence-electron chi connectivity index (χ2n) is 5.41. The summed E-state index contributed by atoms with van der Waals surface area (Å²) in [7, 11) is 0. The van der Waals surface area contributed by atoms with E-state index < -0.39 is 0 Å². The Kier molecular flexibility index (Phi) is 5.80. The van der Waals surface area contributed by atoms with E-state index >= 15 is 0 Å². The molecule has 0 amide bonds. The van der Waals surface area contributed by atoms with E-state index in [9.17, 15) is 0 Å². The molecule has 1 atom stereocenters. The summed E-state index contributed by atoms with van der Waals surface area (Å²) in [4.78, 5) is 4.12. The van der Waals surface area contributed by atoms with Gasteiger partial charge in [-0.15, -0.1) is 0 Å². The van der Waals surface area contributed by atoms with Gasteiger partial charge in [-0.2, -0.15) is 5.26 Å². The third-order valence-corrected chi connectivity index (χ3v) is 3.17. The zero-order valence-corrected chi connectivity index (χ0v) is 11.6. The molecule has 0 saturated carbocycles. The van der Waals surface area contributed by atoms with Crippen LogP contribution < -0.4 is 5.32 Å². The molecule has 0 aliphatic heterocycles. The highest BCUT2D eigenvalue weighted by Crippen LogP contribution is 2.21. The lowest BCUT2D eigenvalue weighted by molar-refractivity contribution is 0.418. The zero-order chi connectivity index (χ0) is 13.4. The molecule has 0 aliphatic rings. The normalized spacial score (nSPS) is 13.0. The van der Waals surface area contributed by atoms with Gasteiger partial charge in [-0.25, -0.2) is 0 Å². The Labute approximate surface area is 110 Å². The predicted molar refractivity (Wildman–Crippen MR) is 73.9 cm³/mol. The van der Waals surface area contributed by atoms with Crippen molar-refractivity contribution in [3.8, 4) is 6.07 Å². The van der Waals surface area contributed by atoms with E-state index in [1.807, 2.05) is 26.1 Å². The van der Waals surface area contributed by atoms with E-state index in [0.29, 0.717) is 6.04 Å². The SMILES string of the molecule is C[C@@H](NCCCCC(C)(C)C#N)c1cccnc1. The van der Waals surface area contributed by atoms with Crippen LogP contribution in [-0.4, -0.2) is 11.5 Å². The van der Waals surface area contributed by atoms with Crippen LogP contribution in [-0.2, 0) is 0 Å². The molecule has 0 bridgehead atoms. The summed E-state index contributed by atoms with van der Waals surface area (Å²) >= 11 is 0. The fourth-order valence-electron chi connectivity index (χ4n) is 1.82. The number of nitrogens with zero attached hydrogens (tertiary/aromatic N) is 2. The molecule has 98 valence electrons. The van der Waals surface area contributed by atoms with Gasteiger partial charge in [0.25, 0.3) is 0 Å². The van der Waals surface area contributed by atoms with Crippen LogP contribution in [0.1, 0.15) is 51.6 Å². The van der Waals surface area contributed by atoms with E-state index in [1.54, 1.807) is 6.20 Å². The molecule has 3 heteroatoms. The Morgan fingerprint density at radius 1 is 1.44 bits per heavy atom. The van der Waals surface area contributed by atoms with Gasteiger partial charge in [0.05, 0.1) is 11.5 Å². The molecule has 1 N–H and O–H groups in total. The van der Waals surface area contributed by atoms with Crippen molar-refractivity contribution in [3.63, 3.8) is 0 Å². The average molecular weight is 245 g/mol. The molecule has 1 heterocycles. The number of pyridine rings is 1. The molecule has 0 aliphatic carbocycles. The van der Waals surface area contributed by atoms with Crippen molar-refractivity contribution in [2.24, 2.45) is 5.41 Å². The average Bonchev–Trinajstić information content (AvgIpc) is 2.39. The first-order valence-corrected chi connectivity index (χ1v) is 6.60. The summed E-state index contributed by atoms with van der Waals surface area (Å²) < 4.78 is 0. The smallest absolute Gasteiger partial charge is 0.0683 e. The van der Waals surface area contributed by atoms with Gasteiger partial charge >= 0.3 is 0 Å². The molecule has 0 unspecified atom stereocenters. The van der Waals surface area contributed by atoms with Crippen molar-refractivity contribution in [2.75, 3.05) is 6.54 Å². The van der Waals surface area contributed by atoms with E-state index in [0.717, 1.165) is 25.8 Å². The Morgan fingerprint density at radius 2 is 2.22 bits per heavy atom. The molecule has 3 nitrogen and oxygen atoms in total. The summed E-state index contributed by atoms with van der Waals surface area (Å²) in [5, 5.41) is 12.4. The monoisotopic (exact) mass is 245 g/mol. The minimum Gasteiger partial charge on any atom is -0.310 e. The van der Waals surface area contributed by atoms with Crippen LogP contribution in [0, 0.1) is 16.7 Å². The van der Waals surface area contributed by atoms with Crippen molar-refractivity contribution < 1.29 is 0 Å². The summed E-state index contributed by atoms with van der Waals surface area (Å²) in [6, 6.07) is 6.72. The minimum absolute atomic E-state index is 0.186. The van der Waals surface area contributed by atoms with E-state index in [1.165, 1.54) is 5.56 Å². The fourth-order valence-corrected chi connectivity index (χ4v) is 1.82. The number of unbranched alkanes of at least 4 members (excludes halogenated alkanes) is 1. The Morgan fingerprint density at radius 3 is 2.83 bits per heavy atom. The Balaban J connectivity index is 2.18. The molecular weight excluding hydrogens is 222 g/mol. The quantitative estimate of drug-likeness (QED) is 0.748. The van der Waals surface area contributed by atoms with Gasteiger partial charge in [0.2, 0.25) is 0 Å². The number of nitrogens with one attached hydrogen (secondary N) is 1. The third kappa shape index (κ3) is 5.29. The van der Waals surface area contributed by atoms with Crippen LogP contribution in [0.2, 0.25) is 0 Å².